The SMILES string of the molecule is O=C(O)C1C2CCC(CC2)C1Nc1cc(-c2cncnc2)nc(-c2c[nH]c3c(F)cc(F)cc23)n1. The third-order valence-electron chi connectivity index (χ3n) is 7.35. The molecule has 4 aromatic rings. The van der Waals surface area contributed by atoms with E-state index < -0.39 is 23.5 Å². The van der Waals surface area contributed by atoms with Crippen molar-refractivity contribution in [2.24, 2.45) is 17.8 Å². The van der Waals surface area contributed by atoms with E-state index in [2.05, 4.69) is 30.2 Å². The summed E-state index contributed by atoms with van der Waals surface area (Å²) in [4.78, 5) is 32.4. The molecule has 3 fully saturated rings. The molecule has 0 spiro atoms. The van der Waals surface area contributed by atoms with Crippen LogP contribution >= 0.6 is 0 Å². The van der Waals surface area contributed by atoms with Gasteiger partial charge in [0.05, 0.1) is 17.1 Å². The quantitative estimate of drug-likeness (QED) is 0.383. The second-order valence-electron chi connectivity index (χ2n) is 9.31. The zero-order chi connectivity index (χ0) is 24.1. The Hall–Kier alpha value is -3.95. The fourth-order valence-electron chi connectivity index (χ4n) is 5.74. The molecule has 0 radical (unpaired) electrons. The number of halogens is 2. The molecular formula is C25H22F2N6O2. The molecule has 2 bridgehead atoms. The predicted octanol–water partition coefficient (Wildman–Crippen LogP) is 4.66. The minimum absolute atomic E-state index is 0.137. The average Bonchev–Trinajstić information content (AvgIpc) is 3.29. The van der Waals surface area contributed by atoms with Crippen molar-refractivity contribution in [1.29, 1.82) is 0 Å². The smallest absolute Gasteiger partial charge is 0.308 e. The van der Waals surface area contributed by atoms with Crippen LogP contribution in [0.5, 0.6) is 0 Å². The minimum atomic E-state index is -0.801. The van der Waals surface area contributed by atoms with E-state index in [1.54, 1.807) is 24.7 Å². The Bertz CT molecular complexity index is 1420. The highest BCUT2D eigenvalue weighted by molar-refractivity contribution is 5.94. The van der Waals surface area contributed by atoms with E-state index in [1.807, 2.05) is 0 Å². The van der Waals surface area contributed by atoms with E-state index >= 15 is 0 Å². The first kappa shape index (κ1) is 21.6. The monoisotopic (exact) mass is 476 g/mol. The lowest BCUT2D eigenvalue weighted by molar-refractivity contribution is -0.148. The maximum absolute atomic E-state index is 14.3. The first-order valence-corrected chi connectivity index (χ1v) is 11.6. The van der Waals surface area contributed by atoms with Crippen LogP contribution in [0.15, 0.2) is 43.1 Å². The summed E-state index contributed by atoms with van der Waals surface area (Å²) in [7, 11) is 0. The van der Waals surface area contributed by atoms with Crippen LogP contribution in [-0.4, -0.2) is 42.0 Å². The number of carboxylic acids is 1. The van der Waals surface area contributed by atoms with Gasteiger partial charge in [-0.05, 0) is 43.6 Å². The lowest BCUT2D eigenvalue weighted by Gasteiger charge is -2.47. The van der Waals surface area contributed by atoms with E-state index in [0.717, 1.165) is 31.7 Å². The maximum atomic E-state index is 14.3. The van der Waals surface area contributed by atoms with Gasteiger partial charge in [-0.1, -0.05) is 0 Å². The third kappa shape index (κ3) is 3.78. The number of aromatic amines is 1. The van der Waals surface area contributed by atoms with Crippen LogP contribution in [-0.2, 0) is 4.79 Å². The van der Waals surface area contributed by atoms with Crippen LogP contribution in [0.1, 0.15) is 25.7 Å². The van der Waals surface area contributed by atoms with Crippen molar-refractivity contribution in [3.63, 3.8) is 0 Å². The molecule has 3 saturated carbocycles. The van der Waals surface area contributed by atoms with Gasteiger partial charge in [-0.3, -0.25) is 4.79 Å². The topological polar surface area (TPSA) is 117 Å². The number of aromatic nitrogens is 5. The minimum Gasteiger partial charge on any atom is -0.481 e. The number of anilines is 1. The average molecular weight is 476 g/mol. The molecule has 3 aromatic heterocycles. The van der Waals surface area contributed by atoms with Gasteiger partial charge < -0.3 is 15.4 Å². The Morgan fingerprint density at radius 2 is 1.77 bits per heavy atom. The number of hydrogen-bond acceptors (Lipinski definition) is 6. The van der Waals surface area contributed by atoms with E-state index in [-0.39, 0.29) is 29.2 Å². The van der Waals surface area contributed by atoms with E-state index in [9.17, 15) is 18.7 Å². The molecule has 3 N–H and O–H groups in total. The molecule has 2 unspecified atom stereocenters. The zero-order valence-corrected chi connectivity index (χ0v) is 18.6. The summed E-state index contributed by atoms with van der Waals surface area (Å²) in [5, 5.41) is 13.7. The number of H-pyrrole nitrogens is 1. The highest BCUT2D eigenvalue weighted by Gasteiger charge is 2.47. The second kappa shape index (κ2) is 8.37. The van der Waals surface area contributed by atoms with Gasteiger partial charge in [-0.15, -0.1) is 0 Å². The van der Waals surface area contributed by atoms with Gasteiger partial charge in [0.15, 0.2) is 5.82 Å². The van der Waals surface area contributed by atoms with Crippen molar-refractivity contribution in [2.75, 3.05) is 5.32 Å². The number of carboxylic acid groups (broad SMARTS) is 1. The van der Waals surface area contributed by atoms with Crippen molar-refractivity contribution in [3.8, 4) is 22.6 Å². The van der Waals surface area contributed by atoms with Crippen molar-refractivity contribution in [2.45, 2.75) is 31.7 Å². The lowest BCUT2D eigenvalue weighted by Crippen LogP contribution is -2.51. The molecule has 0 aliphatic heterocycles. The van der Waals surface area contributed by atoms with Crippen LogP contribution in [0.2, 0.25) is 0 Å². The third-order valence-corrected chi connectivity index (χ3v) is 7.35. The van der Waals surface area contributed by atoms with Crippen LogP contribution in [0, 0.1) is 29.4 Å². The fourth-order valence-corrected chi connectivity index (χ4v) is 5.74. The number of nitrogens with zero attached hydrogens (tertiary/aromatic N) is 4. The second-order valence-corrected chi connectivity index (χ2v) is 9.31. The van der Waals surface area contributed by atoms with Gasteiger partial charge in [0.2, 0.25) is 0 Å². The lowest BCUT2D eigenvalue weighted by atomic mass is 9.61. The number of nitrogens with one attached hydrogen (secondary N) is 2. The van der Waals surface area contributed by atoms with Crippen LogP contribution in [0.4, 0.5) is 14.6 Å². The summed E-state index contributed by atoms with van der Waals surface area (Å²) in [6.45, 7) is 0. The highest BCUT2D eigenvalue weighted by Crippen LogP contribution is 2.46. The molecule has 7 rings (SSSR count). The molecule has 35 heavy (non-hydrogen) atoms. The van der Waals surface area contributed by atoms with Crippen molar-refractivity contribution < 1.29 is 18.7 Å². The molecule has 3 heterocycles. The Morgan fingerprint density at radius 1 is 1.03 bits per heavy atom. The van der Waals surface area contributed by atoms with Crippen molar-refractivity contribution in [3.05, 3.63) is 54.8 Å². The highest BCUT2D eigenvalue weighted by atomic mass is 19.1. The Balaban J connectivity index is 1.47. The molecule has 3 aliphatic carbocycles. The first-order valence-electron chi connectivity index (χ1n) is 11.6. The van der Waals surface area contributed by atoms with Crippen molar-refractivity contribution >= 4 is 22.7 Å². The summed E-state index contributed by atoms with van der Waals surface area (Å²) < 4.78 is 28.3. The Morgan fingerprint density at radius 3 is 2.51 bits per heavy atom. The standard InChI is InChI=1S/C25H22F2N6O2/c26-15-5-16-17(10-30-23(16)18(27)6-15)24-31-19(14-8-28-11-29-9-14)7-20(33-24)32-22-13-3-1-12(2-4-13)21(22)25(34)35/h5-13,21-22,30H,1-4H2,(H,34,35)(H,31,32,33). The van der Waals surface area contributed by atoms with Crippen LogP contribution in [0.3, 0.4) is 0 Å². The molecular weight excluding hydrogens is 454 g/mol. The first-order chi connectivity index (χ1) is 17.0. The van der Waals surface area contributed by atoms with Gasteiger partial charge in [0, 0.05) is 53.3 Å². The summed E-state index contributed by atoms with van der Waals surface area (Å²) in [5.74, 6) is -1.64. The predicted molar refractivity (Wildman–Crippen MR) is 124 cm³/mol. The van der Waals surface area contributed by atoms with E-state index in [1.165, 1.54) is 12.4 Å². The normalized spacial score (nSPS) is 23.5. The maximum Gasteiger partial charge on any atom is 0.308 e. The molecule has 1 aromatic carbocycles. The summed E-state index contributed by atoms with van der Waals surface area (Å²) >= 11 is 0. The number of carbonyl (C=O) groups is 1. The molecule has 3 aliphatic rings. The van der Waals surface area contributed by atoms with Gasteiger partial charge >= 0.3 is 5.97 Å². The van der Waals surface area contributed by atoms with Gasteiger partial charge in [0.1, 0.15) is 23.8 Å². The van der Waals surface area contributed by atoms with Gasteiger partial charge in [-0.2, -0.15) is 0 Å². The summed E-state index contributed by atoms with van der Waals surface area (Å²) in [6.07, 6.45) is 9.98. The number of rotatable bonds is 5. The molecule has 0 saturated heterocycles. The molecule has 8 nitrogen and oxygen atoms in total. The Kier molecular flexibility index (Phi) is 5.16. The number of fused-ring (bicyclic) bond motifs is 4. The molecule has 2 atom stereocenters. The van der Waals surface area contributed by atoms with E-state index in [4.69, 9.17) is 0 Å². The fraction of sp³-hybridized carbons (Fsp3) is 0.320. The molecule has 10 heteroatoms. The number of aliphatic carboxylic acids is 1. The molecule has 0 amide bonds. The largest absolute Gasteiger partial charge is 0.481 e. The summed E-state index contributed by atoms with van der Waals surface area (Å²) in [5.41, 5.74) is 1.73. The Labute approximate surface area is 198 Å². The number of hydrogen-bond donors (Lipinski definition) is 3. The number of benzene rings is 1. The summed E-state index contributed by atoms with van der Waals surface area (Å²) in [6, 6.07) is 3.53. The van der Waals surface area contributed by atoms with Crippen molar-refractivity contribution in [1.82, 2.24) is 24.9 Å². The van der Waals surface area contributed by atoms with Crippen LogP contribution < -0.4 is 5.32 Å². The van der Waals surface area contributed by atoms with Gasteiger partial charge in [0.25, 0.3) is 0 Å². The zero-order valence-electron chi connectivity index (χ0n) is 18.6. The van der Waals surface area contributed by atoms with E-state index in [0.29, 0.717) is 28.0 Å². The van der Waals surface area contributed by atoms with Crippen LogP contribution in [0.25, 0.3) is 33.5 Å². The molecule has 178 valence electrons. The van der Waals surface area contributed by atoms with Gasteiger partial charge in [-0.25, -0.2) is 28.7 Å².